The molecule has 0 N–H and O–H groups in total. The summed E-state index contributed by atoms with van der Waals surface area (Å²) in [6.45, 7) is 6.32. The molecule has 3 saturated heterocycles. The Morgan fingerprint density at radius 1 is 1.14 bits per heavy atom. The number of amides is 3. The van der Waals surface area contributed by atoms with Crippen LogP contribution in [-0.4, -0.2) is 75.4 Å². The van der Waals surface area contributed by atoms with E-state index in [9.17, 15) is 9.59 Å². The summed E-state index contributed by atoms with van der Waals surface area (Å²) in [5.41, 5.74) is 0.569. The number of urea groups is 1. The van der Waals surface area contributed by atoms with Crippen molar-refractivity contribution in [2.24, 2.45) is 0 Å². The van der Waals surface area contributed by atoms with Crippen molar-refractivity contribution >= 4 is 23.7 Å². The van der Waals surface area contributed by atoms with Crippen molar-refractivity contribution in [2.45, 2.75) is 57.2 Å². The maximum Gasteiger partial charge on any atom is 0.327 e. The fraction of sp³-hybridized carbons (Fsp3) is 0.636. The Morgan fingerprint density at radius 3 is 2.46 bits per heavy atom. The van der Waals surface area contributed by atoms with Crippen LogP contribution >= 0.6 is 11.8 Å². The van der Waals surface area contributed by atoms with E-state index in [2.05, 4.69) is 17.0 Å². The van der Waals surface area contributed by atoms with Crippen molar-refractivity contribution in [3.05, 3.63) is 35.9 Å². The molecule has 1 spiro atoms. The largest absolute Gasteiger partial charge is 0.327 e. The van der Waals surface area contributed by atoms with Gasteiger partial charge in [0.1, 0.15) is 5.54 Å². The monoisotopic (exact) mass is 401 g/mol. The van der Waals surface area contributed by atoms with Gasteiger partial charge in [0, 0.05) is 37.5 Å². The highest BCUT2D eigenvalue weighted by Crippen LogP contribution is 2.39. The quantitative estimate of drug-likeness (QED) is 0.711. The molecule has 3 aliphatic heterocycles. The summed E-state index contributed by atoms with van der Waals surface area (Å²) in [4.78, 5) is 32.6. The molecule has 0 aliphatic carbocycles. The average Bonchev–Trinajstić information content (AvgIpc) is 3.29. The Hall–Kier alpha value is -1.53. The normalized spacial score (nSPS) is 25.5. The number of hydrogen-bond donors (Lipinski definition) is 0. The molecule has 3 fully saturated rings. The number of piperidine rings is 1. The first-order valence-electron chi connectivity index (χ1n) is 10.5. The Kier molecular flexibility index (Phi) is 5.70. The van der Waals surface area contributed by atoms with Crippen LogP contribution in [0.15, 0.2) is 30.3 Å². The first-order chi connectivity index (χ1) is 13.5. The van der Waals surface area contributed by atoms with Gasteiger partial charge in [0.2, 0.25) is 0 Å². The van der Waals surface area contributed by atoms with Crippen LogP contribution in [0.25, 0.3) is 0 Å². The van der Waals surface area contributed by atoms with Crippen LogP contribution in [0, 0.1) is 0 Å². The van der Waals surface area contributed by atoms with Gasteiger partial charge in [0.15, 0.2) is 0 Å². The SMILES string of the molecule is CC(C)N1C(=O)N(CCc2ccccc2)C2(CCN([C@@H]3CCSC3)CC2)C1=O. The first kappa shape index (κ1) is 19.8. The third-order valence-electron chi connectivity index (χ3n) is 6.60. The standard InChI is InChI=1S/C22H31N3O2S/c1-17(2)25-20(26)22(10-13-23(14-11-22)19-9-15-28-16-19)24(21(25)27)12-8-18-6-4-3-5-7-18/h3-7,17,19H,8-16H2,1-2H3/t19-/m1/s1. The van der Waals surface area contributed by atoms with E-state index in [4.69, 9.17) is 0 Å². The predicted molar refractivity (Wildman–Crippen MR) is 113 cm³/mol. The van der Waals surface area contributed by atoms with Crippen LogP contribution in [0.2, 0.25) is 0 Å². The summed E-state index contributed by atoms with van der Waals surface area (Å²) in [5, 5.41) is 0. The minimum Gasteiger partial charge on any atom is -0.309 e. The van der Waals surface area contributed by atoms with Gasteiger partial charge in [-0.25, -0.2) is 4.79 Å². The van der Waals surface area contributed by atoms with E-state index < -0.39 is 5.54 Å². The molecule has 6 heteroatoms. The number of likely N-dealkylation sites (tertiary alicyclic amines) is 1. The number of hydrogen-bond acceptors (Lipinski definition) is 4. The highest BCUT2D eigenvalue weighted by atomic mass is 32.2. The number of benzene rings is 1. The molecule has 28 heavy (non-hydrogen) atoms. The molecular formula is C22H31N3O2S. The van der Waals surface area contributed by atoms with Crippen molar-refractivity contribution in [3.8, 4) is 0 Å². The number of carbonyl (C=O) groups is 2. The molecule has 1 aromatic carbocycles. The Labute approximate surface area is 172 Å². The molecule has 0 saturated carbocycles. The summed E-state index contributed by atoms with van der Waals surface area (Å²) in [5.74, 6) is 2.48. The fourth-order valence-corrected chi connectivity index (χ4v) is 6.20. The lowest BCUT2D eigenvalue weighted by Crippen LogP contribution is -2.58. The second-order valence-electron chi connectivity index (χ2n) is 8.52. The summed E-state index contributed by atoms with van der Waals surface area (Å²) < 4.78 is 0. The van der Waals surface area contributed by atoms with Crippen molar-refractivity contribution in [1.29, 1.82) is 0 Å². The second-order valence-corrected chi connectivity index (χ2v) is 9.67. The van der Waals surface area contributed by atoms with Gasteiger partial charge in [0.05, 0.1) is 0 Å². The van der Waals surface area contributed by atoms with Gasteiger partial charge >= 0.3 is 6.03 Å². The molecule has 3 aliphatic rings. The van der Waals surface area contributed by atoms with E-state index >= 15 is 0 Å². The molecular weight excluding hydrogens is 370 g/mol. The first-order valence-corrected chi connectivity index (χ1v) is 11.7. The van der Waals surface area contributed by atoms with E-state index in [0.29, 0.717) is 12.6 Å². The maximum atomic E-state index is 13.4. The average molecular weight is 402 g/mol. The summed E-state index contributed by atoms with van der Waals surface area (Å²) in [7, 11) is 0. The van der Waals surface area contributed by atoms with Crippen LogP contribution in [0.3, 0.4) is 0 Å². The zero-order chi connectivity index (χ0) is 19.7. The molecule has 4 rings (SSSR count). The van der Waals surface area contributed by atoms with Gasteiger partial charge < -0.3 is 4.90 Å². The zero-order valence-corrected chi connectivity index (χ0v) is 17.8. The second kappa shape index (κ2) is 8.07. The molecule has 0 unspecified atom stereocenters. The lowest BCUT2D eigenvalue weighted by Gasteiger charge is -2.44. The number of rotatable bonds is 5. The van der Waals surface area contributed by atoms with E-state index in [1.54, 1.807) is 0 Å². The third-order valence-corrected chi connectivity index (χ3v) is 7.75. The van der Waals surface area contributed by atoms with Crippen LogP contribution < -0.4 is 0 Å². The number of carbonyl (C=O) groups excluding carboxylic acids is 2. The van der Waals surface area contributed by atoms with Crippen molar-refractivity contribution < 1.29 is 9.59 Å². The van der Waals surface area contributed by atoms with Gasteiger partial charge in [-0.1, -0.05) is 30.3 Å². The summed E-state index contributed by atoms with van der Waals surface area (Å²) in [6, 6.07) is 10.7. The molecule has 0 bridgehead atoms. The lowest BCUT2D eigenvalue weighted by molar-refractivity contribution is -0.136. The Balaban J connectivity index is 1.53. The fourth-order valence-electron chi connectivity index (χ4n) is 4.94. The Morgan fingerprint density at radius 2 is 1.86 bits per heavy atom. The van der Waals surface area contributed by atoms with Gasteiger partial charge in [0.25, 0.3) is 5.91 Å². The van der Waals surface area contributed by atoms with Crippen LogP contribution in [0.1, 0.15) is 38.7 Å². The molecule has 152 valence electrons. The molecule has 0 aromatic heterocycles. The Bertz CT molecular complexity index is 710. The van der Waals surface area contributed by atoms with Crippen molar-refractivity contribution in [1.82, 2.24) is 14.7 Å². The molecule has 1 aromatic rings. The van der Waals surface area contributed by atoms with Gasteiger partial charge in [-0.2, -0.15) is 11.8 Å². The molecule has 1 atom stereocenters. The van der Waals surface area contributed by atoms with Crippen molar-refractivity contribution in [3.63, 3.8) is 0 Å². The maximum absolute atomic E-state index is 13.4. The van der Waals surface area contributed by atoms with E-state index in [0.717, 1.165) is 32.4 Å². The minimum atomic E-state index is -0.640. The minimum absolute atomic E-state index is 0.0287. The topological polar surface area (TPSA) is 43.9 Å². The molecule has 3 heterocycles. The number of thioether (sulfide) groups is 1. The van der Waals surface area contributed by atoms with Gasteiger partial charge in [-0.3, -0.25) is 14.6 Å². The lowest BCUT2D eigenvalue weighted by atomic mass is 9.84. The van der Waals surface area contributed by atoms with Crippen LogP contribution in [-0.2, 0) is 11.2 Å². The van der Waals surface area contributed by atoms with Crippen molar-refractivity contribution in [2.75, 3.05) is 31.1 Å². The molecule has 5 nitrogen and oxygen atoms in total. The number of nitrogens with zero attached hydrogens (tertiary/aromatic N) is 3. The smallest absolute Gasteiger partial charge is 0.309 e. The van der Waals surface area contributed by atoms with Gasteiger partial charge in [-0.15, -0.1) is 0 Å². The van der Waals surface area contributed by atoms with E-state index in [-0.39, 0.29) is 18.0 Å². The highest BCUT2D eigenvalue weighted by Gasteiger charge is 2.58. The highest BCUT2D eigenvalue weighted by molar-refractivity contribution is 7.99. The van der Waals surface area contributed by atoms with E-state index in [1.165, 1.54) is 28.4 Å². The van der Waals surface area contributed by atoms with Crippen LogP contribution in [0.5, 0.6) is 0 Å². The summed E-state index contributed by atoms with van der Waals surface area (Å²) in [6.07, 6.45) is 3.56. The third kappa shape index (κ3) is 3.45. The van der Waals surface area contributed by atoms with E-state index in [1.807, 2.05) is 48.7 Å². The molecule has 3 amide bonds. The van der Waals surface area contributed by atoms with Gasteiger partial charge in [-0.05, 0) is 50.8 Å². The molecule has 0 radical (unpaired) electrons. The predicted octanol–water partition coefficient (Wildman–Crippen LogP) is 3.24. The number of imide groups is 1. The zero-order valence-electron chi connectivity index (χ0n) is 17.0. The summed E-state index contributed by atoms with van der Waals surface area (Å²) >= 11 is 2.03. The van der Waals surface area contributed by atoms with Crippen LogP contribution in [0.4, 0.5) is 4.79 Å².